The third kappa shape index (κ3) is 5.04. The van der Waals surface area contributed by atoms with E-state index in [0.717, 1.165) is 22.6 Å². The summed E-state index contributed by atoms with van der Waals surface area (Å²) >= 11 is 6.11. The van der Waals surface area contributed by atoms with Crippen LogP contribution < -0.4 is 10.1 Å². The van der Waals surface area contributed by atoms with E-state index < -0.39 is 12.0 Å². The molecule has 1 saturated heterocycles. The number of piperidine rings is 1. The first-order chi connectivity index (χ1) is 18.2. The second-order valence-corrected chi connectivity index (χ2v) is 11.9. The lowest BCUT2D eigenvalue weighted by molar-refractivity contribution is -0.140. The molecule has 0 bridgehead atoms. The minimum absolute atomic E-state index is 0.0235. The van der Waals surface area contributed by atoms with Crippen molar-refractivity contribution in [2.75, 3.05) is 13.1 Å². The maximum absolute atomic E-state index is 13.9. The first kappa shape index (κ1) is 26.3. The van der Waals surface area contributed by atoms with Crippen molar-refractivity contribution in [1.29, 1.82) is 0 Å². The van der Waals surface area contributed by atoms with Crippen molar-refractivity contribution in [2.24, 2.45) is 11.3 Å². The van der Waals surface area contributed by atoms with Gasteiger partial charge in [0.25, 0.3) is 0 Å². The van der Waals surface area contributed by atoms with Crippen LogP contribution in [0.4, 0.5) is 0 Å². The summed E-state index contributed by atoms with van der Waals surface area (Å²) in [6, 6.07) is 22.7. The molecule has 3 aromatic carbocycles. The van der Waals surface area contributed by atoms with Crippen LogP contribution in [0.1, 0.15) is 62.6 Å². The van der Waals surface area contributed by atoms with Crippen LogP contribution in [-0.2, 0) is 9.59 Å². The molecule has 1 fully saturated rings. The topological polar surface area (TPSA) is 58.6 Å². The molecule has 0 spiro atoms. The van der Waals surface area contributed by atoms with E-state index in [2.05, 4.69) is 31.3 Å². The zero-order valence-electron chi connectivity index (χ0n) is 22.4. The molecule has 6 heteroatoms. The van der Waals surface area contributed by atoms with Crippen LogP contribution in [-0.4, -0.2) is 35.8 Å². The fraction of sp³-hybridized carbons (Fsp3) is 0.375. The number of likely N-dealkylation sites (tertiary alicyclic amines) is 1. The largest absolute Gasteiger partial charge is 0.457 e. The highest BCUT2D eigenvalue weighted by Gasteiger charge is 2.41. The molecule has 0 aromatic heterocycles. The summed E-state index contributed by atoms with van der Waals surface area (Å²) in [6.45, 7) is 9.68. The van der Waals surface area contributed by atoms with Crippen LogP contribution >= 0.6 is 11.6 Å². The smallest absolute Gasteiger partial charge is 0.245 e. The van der Waals surface area contributed by atoms with Gasteiger partial charge in [0.1, 0.15) is 17.5 Å². The zero-order chi connectivity index (χ0) is 27.0. The Balaban J connectivity index is 1.36. The lowest BCUT2D eigenvalue weighted by atomic mass is 9.70. The van der Waals surface area contributed by atoms with Crippen LogP contribution in [0.3, 0.4) is 0 Å². The van der Waals surface area contributed by atoms with E-state index >= 15 is 0 Å². The molecule has 5 rings (SSSR count). The van der Waals surface area contributed by atoms with Crippen molar-refractivity contribution in [2.45, 2.75) is 52.0 Å². The summed E-state index contributed by atoms with van der Waals surface area (Å²) in [4.78, 5) is 29.7. The molecular weight excluding hydrogens is 496 g/mol. The van der Waals surface area contributed by atoms with E-state index in [1.54, 1.807) is 0 Å². The van der Waals surface area contributed by atoms with E-state index in [-0.39, 0.29) is 23.1 Å². The van der Waals surface area contributed by atoms with Gasteiger partial charge in [0.05, 0.1) is 5.92 Å². The Morgan fingerprint density at radius 3 is 2.08 bits per heavy atom. The number of rotatable bonds is 5. The first-order valence-corrected chi connectivity index (χ1v) is 13.7. The van der Waals surface area contributed by atoms with Crippen LogP contribution in [0.25, 0.3) is 0 Å². The van der Waals surface area contributed by atoms with Crippen LogP contribution in [0.5, 0.6) is 11.5 Å². The Labute approximate surface area is 230 Å². The number of amides is 2. The highest BCUT2D eigenvalue weighted by molar-refractivity contribution is 6.30. The maximum Gasteiger partial charge on any atom is 0.245 e. The number of carbonyl (C=O) groups is 2. The third-order valence-electron chi connectivity index (χ3n) is 7.99. The molecule has 0 saturated carbocycles. The molecule has 198 valence electrons. The van der Waals surface area contributed by atoms with Crippen LogP contribution in [0.15, 0.2) is 72.8 Å². The number of nitrogens with one attached hydrogen (secondary N) is 1. The van der Waals surface area contributed by atoms with Crippen molar-refractivity contribution in [3.63, 3.8) is 0 Å². The second kappa shape index (κ2) is 10.5. The summed E-state index contributed by atoms with van der Waals surface area (Å²) in [6.07, 6.45) is 0.861. The maximum atomic E-state index is 13.9. The molecule has 2 amide bonds. The van der Waals surface area contributed by atoms with Gasteiger partial charge < -0.3 is 15.0 Å². The SMILES string of the molecule is CC(C)[C@@H](NC(=O)C1c2ccccc2Oc2ccccc21)C(=O)N1CCC(c2ccc(Cl)cc2)C(C)(C)C1. The average Bonchev–Trinajstić information content (AvgIpc) is 2.89. The lowest BCUT2D eigenvalue weighted by Gasteiger charge is -2.46. The number of benzene rings is 3. The first-order valence-electron chi connectivity index (χ1n) is 13.4. The normalized spacial score (nSPS) is 19.2. The zero-order valence-corrected chi connectivity index (χ0v) is 23.2. The fourth-order valence-corrected chi connectivity index (χ4v) is 6.12. The molecule has 1 unspecified atom stereocenters. The van der Waals surface area contributed by atoms with Gasteiger partial charge in [-0.15, -0.1) is 0 Å². The van der Waals surface area contributed by atoms with Crippen molar-refractivity contribution < 1.29 is 14.3 Å². The Hall–Kier alpha value is -3.31. The van der Waals surface area contributed by atoms with Gasteiger partial charge in [0.2, 0.25) is 11.8 Å². The third-order valence-corrected chi connectivity index (χ3v) is 8.24. The van der Waals surface area contributed by atoms with Gasteiger partial charge in [0.15, 0.2) is 0 Å². The highest BCUT2D eigenvalue weighted by atomic mass is 35.5. The van der Waals surface area contributed by atoms with Crippen molar-refractivity contribution >= 4 is 23.4 Å². The molecule has 38 heavy (non-hydrogen) atoms. The van der Waals surface area contributed by atoms with E-state index in [4.69, 9.17) is 16.3 Å². The highest BCUT2D eigenvalue weighted by Crippen LogP contribution is 2.45. The van der Waals surface area contributed by atoms with E-state index in [1.165, 1.54) is 5.56 Å². The lowest BCUT2D eigenvalue weighted by Crippen LogP contribution is -2.56. The predicted molar refractivity (Wildman–Crippen MR) is 151 cm³/mol. The quantitative estimate of drug-likeness (QED) is 0.396. The number of fused-ring (bicyclic) bond motifs is 2. The molecule has 3 aromatic rings. The summed E-state index contributed by atoms with van der Waals surface area (Å²) in [7, 11) is 0. The minimum Gasteiger partial charge on any atom is -0.457 e. The molecule has 2 aliphatic heterocycles. The Bertz CT molecular complexity index is 1290. The van der Waals surface area contributed by atoms with Gasteiger partial charge in [-0.25, -0.2) is 0 Å². The molecule has 2 atom stereocenters. The van der Waals surface area contributed by atoms with Gasteiger partial charge in [-0.05, 0) is 53.5 Å². The van der Waals surface area contributed by atoms with Crippen molar-refractivity contribution in [3.05, 3.63) is 94.5 Å². The van der Waals surface area contributed by atoms with Crippen molar-refractivity contribution in [1.82, 2.24) is 10.2 Å². The number of carbonyl (C=O) groups excluding carboxylic acids is 2. The Morgan fingerprint density at radius 2 is 1.53 bits per heavy atom. The van der Waals surface area contributed by atoms with E-state index in [0.29, 0.717) is 30.5 Å². The number of nitrogens with zero attached hydrogens (tertiary/aromatic N) is 1. The van der Waals surface area contributed by atoms with Crippen LogP contribution in [0, 0.1) is 11.3 Å². The number of hydrogen-bond acceptors (Lipinski definition) is 3. The molecule has 5 nitrogen and oxygen atoms in total. The minimum atomic E-state index is -0.618. The fourth-order valence-electron chi connectivity index (χ4n) is 6.00. The summed E-state index contributed by atoms with van der Waals surface area (Å²) in [5.74, 6) is 0.854. The number of ether oxygens (including phenoxy) is 1. The summed E-state index contributed by atoms with van der Waals surface area (Å²) in [5.41, 5.74) is 2.75. The molecule has 2 heterocycles. The molecular formula is C32H35ClN2O3. The molecule has 2 aliphatic rings. The standard InChI is InChI=1S/C32H35ClN2O3/c1-20(2)29(31(37)35-18-17-25(32(3,4)19-35)21-13-15-22(33)16-14-21)34-30(36)28-23-9-5-7-11-26(23)38-27-12-8-6-10-24(27)28/h5-16,20,25,28-29H,17-19H2,1-4H3,(H,34,36)/t25?,29-/m1/s1. The van der Waals surface area contributed by atoms with Gasteiger partial charge in [-0.3, -0.25) is 9.59 Å². The van der Waals surface area contributed by atoms with Gasteiger partial charge in [0, 0.05) is 29.2 Å². The predicted octanol–water partition coefficient (Wildman–Crippen LogP) is 6.76. The van der Waals surface area contributed by atoms with Crippen molar-refractivity contribution in [3.8, 4) is 11.5 Å². The monoisotopic (exact) mass is 530 g/mol. The van der Waals surface area contributed by atoms with Gasteiger partial charge >= 0.3 is 0 Å². The van der Waals surface area contributed by atoms with Crippen LogP contribution in [0.2, 0.25) is 5.02 Å². The number of halogens is 1. The second-order valence-electron chi connectivity index (χ2n) is 11.5. The number of hydrogen-bond donors (Lipinski definition) is 1. The van der Waals surface area contributed by atoms with Gasteiger partial charge in [-0.2, -0.15) is 0 Å². The Kier molecular flexibility index (Phi) is 7.23. The summed E-state index contributed by atoms with van der Waals surface area (Å²) < 4.78 is 6.07. The average molecular weight is 531 g/mol. The van der Waals surface area contributed by atoms with E-state index in [9.17, 15) is 9.59 Å². The van der Waals surface area contributed by atoms with Gasteiger partial charge in [-0.1, -0.05) is 87.8 Å². The number of para-hydroxylation sites is 2. The summed E-state index contributed by atoms with van der Waals surface area (Å²) in [5, 5.41) is 3.87. The van der Waals surface area contributed by atoms with E-state index in [1.807, 2.05) is 79.4 Å². The molecule has 1 N–H and O–H groups in total. The molecule has 0 aliphatic carbocycles. The Morgan fingerprint density at radius 1 is 0.947 bits per heavy atom. The molecule has 0 radical (unpaired) electrons.